The molecule has 4 heteroatoms. The molecule has 0 bridgehead atoms. The van der Waals surface area contributed by atoms with Crippen molar-refractivity contribution in [1.82, 2.24) is 10.6 Å². The fourth-order valence-electron chi connectivity index (χ4n) is 2.59. The van der Waals surface area contributed by atoms with Gasteiger partial charge in [-0.1, -0.05) is 12.8 Å². The standard InChI is InChI=1S/C13H24N2O2/c16-13(12-4-2-1-3-7-14-12)15-8-5-11-6-9-17-10-11/h11-12,14H,1-10H2,(H,15,16). The fourth-order valence-corrected chi connectivity index (χ4v) is 2.59. The SMILES string of the molecule is O=C(NCCC1CCOC1)C1CCCCCN1. The zero-order valence-corrected chi connectivity index (χ0v) is 10.5. The largest absolute Gasteiger partial charge is 0.381 e. The highest BCUT2D eigenvalue weighted by Gasteiger charge is 2.20. The third-order valence-electron chi connectivity index (χ3n) is 3.75. The second kappa shape index (κ2) is 6.97. The lowest BCUT2D eigenvalue weighted by molar-refractivity contribution is -0.123. The zero-order chi connectivity index (χ0) is 11.9. The Kier molecular flexibility index (Phi) is 5.26. The molecule has 4 nitrogen and oxygen atoms in total. The van der Waals surface area contributed by atoms with Crippen LogP contribution < -0.4 is 10.6 Å². The zero-order valence-electron chi connectivity index (χ0n) is 10.5. The highest BCUT2D eigenvalue weighted by molar-refractivity contribution is 5.81. The minimum atomic E-state index is 0.0392. The van der Waals surface area contributed by atoms with Crippen LogP contribution in [0, 0.1) is 5.92 Å². The van der Waals surface area contributed by atoms with Gasteiger partial charge >= 0.3 is 0 Å². The van der Waals surface area contributed by atoms with E-state index in [1.54, 1.807) is 0 Å². The molecule has 2 aliphatic heterocycles. The van der Waals surface area contributed by atoms with Crippen molar-refractivity contribution in [1.29, 1.82) is 0 Å². The maximum Gasteiger partial charge on any atom is 0.237 e. The third-order valence-corrected chi connectivity index (χ3v) is 3.75. The first-order valence-electron chi connectivity index (χ1n) is 6.95. The van der Waals surface area contributed by atoms with Crippen LogP contribution in [0.3, 0.4) is 0 Å². The highest BCUT2D eigenvalue weighted by atomic mass is 16.5. The van der Waals surface area contributed by atoms with Crippen LogP contribution in [0.2, 0.25) is 0 Å². The predicted octanol–water partition coefficient (Wildman–Crippen LogP) is 1.06. The van der Waals surface area contributed by atoms with Crippen molar-refractivity contribution in [2.75, 3.05) is 26.3 Å². The molecule has 2 saturated heterocycles. The van der Waals surface area contributed by atoms with E-state index in [2.05, 4.69) is 10.6 Å². The molecule has 2 unspecified atom stereocenters. The summed E-state index contributed by atoms with van der Waals surface area (Å²) in [5.74, 6) is 0.836. The van der Waals surface area contributed by atoms with Gasteiger partial charge in [0.2, 0.25) is 5.91 Å². The van der Waals surface area contributed by atoms with Gasteiger partial charge in [0.05, 0.1) is 6.04 Å². The van der Waals surface area contributed by atoms with Gasteiger partial charge in [0.25, 0.3) is 0 Å². The van der Waals surface area contributed by atoms with E-state index < -0.39 is 0 Å². The number of nitrogens with one attached hydrogen (secondary N) is 2. The van der Waals surface area contributed by atoms with Crippen LogP contribution in [-0.2, 0) is 9.53 Å². The number of carbonyl (C=O) groups is 1. The summed E-state index contributed by atoms with van der Waals surface area (Å²) < 4.78 is 5.32. The molecule has 0 aliphatic carbocycles. The summed E-state index contributed by atoms with van der Waals surface area (Å²) in [5, 5.41) is 6.37. The van der Waals surface area contributed by atoms with Crippen molar-refractivity contribution in [2.24, 2.45) is 5.92 Å². The molecule has 98 valence electrons. The van der Waals surface area contributed by atoms with E-state index in [9.17, 15) is 4.79 Å². The first-order valence-corrected chi connectivity index (χ1v) is 6.95. The van der Waals surface area contributed by atoms with E-state index in [-0.39, 0.29) is 11.9 Å². The molecule has 2 rings (SSSR count). The van der Waals surface area contributed by atoms with E-state index >= 15 is 0 Å². The Morgan fingerprint density at radius 2 is 2.24 bits per heavy atom. The molecule has 0 radical (unpaired) electrons. The summed E-state index contributed by atoms with van der Waals surface area (Å²) in [5.41, 5.74) is 0. The quantitative estimate of drug-likeness (QED) is 0.772. The van der Waals surface area contributed by atoms with Crippen molar-refractivity contribution in [2.45, 2.75) is 44.6 Å². The number of rotatable bonds is 4. The second-order valence-electron chi connectivity index (χ2n) is 5.17. The molecule has 2 fully saturated rings. The van der Waals surface area contributed by atoms with Crippen molar-refractivity contribution >= 4 is 5.91 Å². The van der Waals surface area contributed by atoms with Crippen molar-refractivity contribution in [3.8, 4) is 0 Å². The Bertz CT molecular complexity index is 232. The third kappa shape index (κ3) is 4.28. The van der Waals surface area contributed by atoms with Gasteiger partial charge in [0, 0.05) is 19.8 Å². The number of amides is 1. The van der Waals surface area contributed by atoms with E-state index in [1.807, 2.05) is 0 Å². The topological polar surface area (TPSA) is 50.4 Å². The Labute approximate surface area is 103 Å². The van der Waals surface area contributed by atoms with Gasteiger partial charge in [0.1, 0.15) is 0 Å². The minimum Gasteiger partial charge on any atom is -0.381 e. The summed E-state index contributed by atoms with van der Waals surface area (Å²) in [6.07, 6.45) is 6.80. The van der Waals surface area contributed by atoms with Gasteiger partial charge in [-0.05, 0) is 38.1 Å². The Balaban J connectivity index is 1.61. The molecular weight excluding hydrogens is 216 g/mol. The van der Waals surface area contributed by atoms with E-state index in [1.165, 1.54) is 19.3 Å². The maximum absolute atomic E-state index is 11.9. The summed E-state index contributed by atoms with van der Waals surface area (Å²) in [6, 6.07) is 0.0392. The Hall–Kier alpha value is -0.610. The molecule has 0 aromatic heterocycles. The average molecular weight is 240 g/mol. The molecule has 2 heterocycles. The summed E-state index contributed by atoms with van der Waals surface area (Å²) in [4.78, 5) is 11.9. The smallest absolute Gasteiger partial charge is 0.237 e. The van der Waals surface area contributed by atoms with Gasteiger partial charge in [-0.2, -0.15) is 0 Å². The predicted molar refractivity (Wildman–Crippen MR) is 66.8 cm³/mol. The molecule has 0 spiro atoms. The van der Waals surface area contributed by atoms with Crippen LogP contribution >= 0.6 is 0 Å². The normalized spacial score (nSPS) is 29.9. The average Bonchev–Trinajstić information content (AvgIpc) is 2.69. The Morgan fingerprint density at radius 1 is 1.29 bits per heavy atom. The van der Waals surface area contributed by atoms with Crippen LogP contribution in [0.1, 0.15) is 38.5 Å². The monoisotopic (exact) mass is 240 g/mol. The van der Waals surface area contributed by atoms with Crippen molar-refractivity contribution < 1.29 is 9.53 Å². The van der Waals surface area contributed by atoms with Crippen LogP contribution in [-0.4, -0.2) is 38.3 Å². The van der Waals surface area contributed by atoms with Crippen LogP contribution in [0.4, 0.5) is 0 Å². The Morgan fingerprint density at radius 3 is 3.06 bits per heavy atom. The fraction of sp³-hybridized carbons (Fsp3) is 0.923. The van der Waals surface area contributed by atoms with Crippen molar-refractivity contribution in [3.63, 3.8) is 0 Å². The van der Waals surface area contributed by atoms with E-state index in [0.717, 1.165) is 45.6 Å². The molecular formula is C13H24N2O2. The molecule has 1 amide bonds. The summed E-state index contributed by atoms with van der Waals surface area (Å²) in [6.45, 7) is 3.54. The molecule has 0 saturated carbocycles. The molecule has 17 heavy (non-hydrogen) atoms. The van der Waals surface area contributed by atoms with Gasteiger partial charge in [-0.3, -0.25) is 4.79 Å². The lowest BCUT2D eigenvalue weighted by Crippen LogP contribution is -2.44. The van der Waals surface area contributed by atoms with Crippen LogP contribution in [0.15, 0.2) is 0 Å². The number of ether oxygens (including phenoxy) is 1. The van der Waals surface area contributed by atoms with Gasteiger partial charge in [-0.15, -0.1) is 0 Å². The number of hydrogen-bond donors (Lipinski definition) is 2. The maximum atomic E-state index is 11.9. The highest BCUT2D eigenvalue weighted by Crippen LogP contribution is 2.15. The first-order chi connectivity index (χ1) is 8.36. The first kappa shape index (κ1) is 12.8. The minimum absolute atomic E-state index is 0.0392. The van der Waals surface area contributed by atoms with Gasteiger partial charge in [-0.25, -0.2) is 0 Å². The lowest BCUT2D eigenvalue weighted by Gasteiger charge is -2.16. The van der Waals surface area contributed by atoms with Gasteiger partial charge < -0.3 is 15.4 Å². The summed E-state index contributed by atoms with van der Waals surface area (Å²) >= 11 is 0. The lowest BCUT2D eigenvalue weighted by atomic mass is 10.1. The molecule has 0 aromatic rings. The second-order valence-corrected chi connectivity index (χ2v) is 5.17. The van der Waals surface area contributed by atoms with Crippen LogP contribution in [0.5, 0.6) is 0 Å². The molecule has 0 aromatic carbocycles. The number of carbonyl (C=O) groups excluding carboxylic acids is 1. The number of hydrogen-bond acceptors (Lipinski definition) is 3. The van der Waals surface area contributed by atoms with E-state index in [0.29, 0.717) is 5.92 Å². The molecule has 2 N–H and O–H groups in total. The van der Waals surface area contributed by atoms with E-state index in [4.69, 9.17) is 4.74 Å². The molecule has 2 aliphatic rings. The summed E-state index contributed by atoms with van der Waals surface area (Å²) in [7, 11) is 0. The molecule has 2 atom stereocenters. The van der Waals surface area contributed by atoms with Crippen molar-refractivity contribution in [3.05, 3.63) is 0 Å². The van der Waals surface area contributed by atoms with Gasteiger partial charge in [0.15, 0.2) is 0 Å². The van der Waals surface area contributed by atoms with Crippen LogP contribution in [0.25, 0.3) is 0 Å².